The molecular weight excluding hydrogens is 292 g/mol. The van der Waals surface area contributed by atoms with Gasteiger partial charge in [0.1, 0.15) is 0 Å². The van der Waals surface area contributed by atoms with Crippen molar-refractivity contribution < 1.29 is 5.11 Å². The summed E-state index contributed by atoms with van der Waals surface area (Å²) < 4.78 is 0. The highest BCUT2D eigenvalue weighted by atomic mass is 16.3. The zero-order valence-corrected chi connectivity index (χ0v) is 15.6. The number of rotatable bonds is 8. The van der Waals surface area contributed by atoms with Gasteiger partial charge >= 0.3 is 0 Å². The van der Waals surface area contributed by atoms with Crippen LogP contribution in [0.2, 0.25) is 0 Å². The Morgan fingerprint density at radius 1 is 0.750 bits per heavy atom. The summed E-state index contributed by atoms with van der Waals surface area (Å²) in [6.07, 6.45) is 6.25. The molecule has 0 radical (unpaired) electrons. The van der Waals surface area contributed by atoms with E-state index in [4.69, 9.17) is 5.11 Å². The van der Waals surface area contributed by atoms with E-state index in [1.807, 2.05) is 0 Å². The molecule has 0 amide bonds. The highest BCUT2D eigenvalue weighted by molar-refractivity contribution is 5.25. The second-order valence-corrected chi connectivity index (χ2v) is 6.78. The Bertz CT molecular complexity index is 469. The summed E-state index contributed by atoms with van der Waals surface area (Å²) >= 11 is 0. The van der Waals surface area contributed by atoms with Gasteiger partial charge in [-0.3, -0.25) is 0 Å². The Morgan fingerprint density at radius 3 is 1.67 bits per heavy atom. The van der Waals surface area contributed by atoms with Crippen LogP contribution in [0.1, 0.15) is 57.6 Å². The molecule has 132 valence electrons. The molecular formula is C23H34O. The molecule has 0 saturated carbocycles. The molecule has 1 nitrogen and oxygen atoms in total. The van der Waals surface area contributed by atoms with Crippen LogP contribution in [0.4, 0.5) is 0 Å². The number of hydrogen-bond donors (Lipinski definition) is 1. The molecule has 0 aromatic heterocycles. The van der Waals surface area contributed by atoms with Crippen molar-refractivity contribution >= 4 is 0 Å². The smallest absolute Gasteiger partial charge is 0.0459 e. The van der Waals surface area contributed by atoms with Crippen molar-refractivity contribution in [3.63, 3.8) is 0 Å². The third kappa shape index (κ3) is 8.88. The fraction of sp³-hybridized carbons (Fsp3) is 0.478. The predicted molar refractivity (Wildman–Crippen MR) is 105 cm³/mol. The zero-order chi connectivity index (χ0) is 17.6. The summed E-state index contributed by atoms with van der Waals surface area (Å²) in [5.74, 6) is 1.17. The van der Waals surface area contributed by atoms with Crippen molar-refractivity contribution in [3.8, 4) is 0 Å². The topological polar surface area (TPSA) is 20.2 Å². The van der Waals surface area contributed by atoms with Gasteiger partial charge in [0.05, 0.1) is 0 Å². The molecule has 0 heterocycles. The van der Waals surface area contributed by atoms with E-state index in [1.165, 1.54) is 36.8 Å². The molecule has 0 aliphatic rings. The monoisotopic (exact) mass is 326 g/mol. The first-order chi connectivity index (χ1) is 11.7. The van der Waals surface area contributed by atoms with Crippen molar-refractivity contribution in [1.82, 2.24) is 0 Å². The summed E-state index contributed by atoms with van der Waals surface area (Å²) in [4.78, 5) is 0. The lowest BCUT2D eigenvalue weighted by Gasteiger charge is -2.16. The third-order valence-electron chi connectivity index (χ3n) is 4.62. The van der Waals surface area contributed by atoms with Gasteiger partial charge in [-0.15, -0.1) is 0 Å². The van der Waals surface area contributed by atoms with Crippen molar-refractivity contribution in [2.75, 3.05) is 6.61 Å². The van der Waals surface area contributed by atoms with Gasteiger partial charge in [-0.2, -0.15) is 0 Å². The van der Waals surface area contributed by atoms with Crippen LogP contribution >= 0.6 is 0 Å². The van der Waals surface area contributed by atoms with Gasteiger partial charge < -0.3 is 5.11 Å². The summed E-state index contributed by atoms with van der Waals surface area (Å²) in [5, 5.41) is 8.86. The van der Waals surface area contributed by atoms with Crippen LogP contribution in [-0.4, -0.2) is 11.7 Å². The molecule has 0 bridgehead atoms. The van der Waals surface area contributed by atoms with Crippen LogP contribution in [0.3, 0.4) is 0 Å². The SMILES string of the molecule is CCCCCC(C)C(C)CO.c1ccc(Cc2ccccc2)cc1. The maximum absolute atomic E-state index is 8.86. The Hall–Kier alpha value is -1.60. The van der Waals surface area contributed by atoms with E-state index < -0.39 is 0 Å². The second-order valence-electron chi connectivity index (χ2n) is 6.78. The number of aliphatic hydroxyl groups excluding tert-OH is 1. The summed E-state index contributed by atoms with van der Waals surface area (Å²) in [7, 11) is 0. The third-order valence-corrected chi connectivity index (χ3v) is 4.62. The van der Waals surface area contributed by atoms with Gasteiger partial charge in [-0.1, -0.05) is 107 Å². The summed E-state index contributed by atoms with van der Waals surface area (Å²) in [5.41, 5.74) is 2.74. The van der Waals surface area contributed by atoms with E-state index in [1.54, 1.807) is 0 Å². The van der Waals surface area contributed by atoms with E-state index in [0.29, 0.717) is 18.4 Å². The Morgan fingerprint density at radius 2 is 1.25 bits per heavy atom. The molecule has 0 spiro atoms. The van der Waals surface area contributed by atoms with Crippen LogP contribution in [0.15, 0.2) is 60.7 Å². The molecule has 0 saturated heterocycles. The number of hydrogen-bond acceptors (Lipinski definition) is 1. The molecule has 2 aromatic rings. The molecule has 1 heteroatoms. The fourth-order valence-corrected chi connectivity index (χ4v) is 2.61. The molecule has 0 aliphatic heterocycles. The van der Waals surface area contributed by atoms with Gasteiger partial charge in [0, 0.05) is 6.61 Å². The minimum absolute atomic E-state index is 0.341. The number of aliphatic hydroxyl groups is 1. The van der Waals surface area contributed by atoms with Crippen molar-refractivity contribution in [2.24, 2.45) is 11.8 Å². The quantitative estimate of drug-likeness (QED) is 0.580. The highest BCUT2D eigenvalue weighted by Crippen LogP contribution is 2.17. The first-order valence-corrected chi connectivity index (χ1v) is 9.36. The predicted octanol–water partition coefficient (Wildman–Crippen LogP) is 6.11. The minimum atomic E-state index is 0.341. The molecule has 2 aromatic carbocycles. The van der Waals surface area contributed by atoms with Crippen LogP contribution in [0, 0.1) is 11.8 Å². The van der Waals surface area contributed by atoms with E-state index in [9.17, 15) is 0 Å². The van der Waals surface area contributed by atoms with Crippen LogP contribution in [0.25, 0.3) is 0 Å². The summed E-state index contributed by atoms with van der Waals surface area (Å²) in [6, 6.07) is 21.1. The van der Waals surface area contributed by atoms with E-state index in [2.05, 4.69) is 81.4 Å². The van der Waals surface area contributed by atoms with Gasteiger partial charge in [0.15, 0.2) is 0 Å². The zero-order valence-electron chi connectivity index (χ0n) is 15.6. The highest BCUT2D eigenvalue weighted by Gasteiger charge is 2.09. The fourth-order valence-electron chi connectivity index (χ4n) is 2.61. The number of benzene rings is 2. The van der Waals surface area contributed by atoms with Crippen molar-refractivity contribution in [1.29, 1.82) is 0 Å². The number of unbranched alkanes of at least 4 members (excludes halogenated alkanes) is 2. The Labute approximate surface area is 148 Å². The second kappa shape index (κ2) is 12.8. The molecule has 0 aliphatic carbocycles. The first-order valence-electron chi connectivity index (χ1n) is 9.36. The average Bonchev–Trinajstić information content (AvgIpc) is 2.63. The molecule has 2 unspecified atom stereocenters. The standard InChI is InChI=1S/C13H12.C10H22O/c1-3-7-12(8-4-1)11-13-9-5-2-6-10-13;1-4-5-6-7-9(2)10(3)8-11/h1-10H,11H2;9-11H,4-8H2,1-3H3. The van der Waals surface area contributed by atoms with Crippen molar-refractivity contribution in [2.45, 2.75) is 52.9 Å². The van der Waals surface area contributed by atoms with E-state index >= 15 is 0 Å². The van der Waals surface area contributed by atoms with Crippen molar-refractivity contribution in [3.05, 3.63) is 71.8 Å². The van der Waals surface area contributed by atoms with Crippen LogP contribution < -0.4 is 0 Å². The van der Waals surface area contributed by atoms with Gasteiger partial charge in [0.25, 0.3) is 0 Å². The normalized spacial score (nSPS) is 12.8. The maximum atomic E-state index is 8.86. The van der Waals surface area contributed by atoms with E-state index in [-0.39, 0.29) is 0 Å². The lowest BCUT2D eigenvalue weighted by molar-refractivity contribution is 0.189. The lowest BCUT2D eigenvalue weighted by atomic mass is 9.91. The Kier molecular flexibility index (Phi) is 10.9. The van der Waals surface area contributed by atoms with Gasteiger partial charge in [-0.05, 0) is 29.4 Å². The Balaban J connectivity index is 0.000000245. The summed E-state index contributed by atoms with van der Waals surface area (Å²) in [6.45, 7) is 6.92. The van der Waals surface area contributed by atoms with Gasteiger partial charge in [0.2, 0.25) is 0 Å². The molecule has 1 N–H and O–H groups in total. The van der Waals surface area contributed by atoms with Crippen LogP contribution in [-0.2, 0) is 6.42 Å². The minimum Gasteiger partial charge on any atom is -0.396 e. The van der Waals surface area contributed by atoms with Gasteiger partial charge in [-0.25, -0.2) is 0 Å². The molecule has 0 fully saturated rings. The molecule has 2 atom stereocenters. The maximum Gasteiger partial charge on any atom is 0.0459 e. The largest absolute Gasteiger partial charge is 0.396 e. The average molecular weight is 327 g/mol. The molecule has 2 rings (SSSR count). The molecule has 24 heavy (non-hydrogen) atoms. The first kappa shape index (κ1) is 20.4. The lowest BCUT2D eigenvalue weighted by Crippen LogP contribution is -2.11. The van der Waals surface area contributed by atoms with Crippen LogP contribution in [0.5, 0.6) is 0 Å². The van der Waals surface area contributed by atoms with E-state index in [0.717, 1.165) is 6.42 Å².